The van der Waals surface area contributed by atoms with Crippen LogP contribution < -0.4 is 10.9 Å². The van der Waals surface area contributed by atoms with Gasteiger partial charge in [-0.15, -0.1) is 0 Å². The Morgan fingerprint density at radius 2 is 1.81 bits per heavy atom. The number of aromatic hydroxyl groups is 1. The molecule has 0 atom stereocenters. The van der Waals surface area contributed by atoms with Crippen LogP contribution in [0.5, 0.6) is 5.75 Å². The highest BCUT2D eigenvalue weighted by molar-refractivity contribution is 7.89. The minimum absolute atomic E-state index is 0.221. The Bertz CT molecular complexity index is 665. The average Bonchev–Trinajstić information content (AvgIpc) is 2.22. The number of hydrogen-bond donors (Lipinski definition) is 3. The molecule has 0 unspecified atom stereocenters. The first-order chi connectivity index (χ1) is 7.41. The second-order valence-corrected chi connectivity index (χ2v) is 4.93. The summed E-state index contributed by atoms with van der Waals surface area (Å²) in [4.78, 5) is -0.260. The molecule has 0 spiro atoms. The Morgan fingerprint density at radius 1 is 1.19 bits per heavy atom. The highest BCUT2D eigenvalue weighted by Gasteiger charge is 2.17. The van der Waals surface area contributed by atoms with E-state index in [1.807, 2.05) is 0 Å². The quantitative estimate of drug-likeness (QED) is 0.504. The molecule has 0 fully saturated rings. The predicted molar refractivity (Wildman–Crippen MR) is 61.4 cm³/mol. The first-order valence-electron chi connectivity index (χ1n) is 4.44. The van der Waals surface area contributed by atoms with Gasteiger partial charge in [-0.25, -0.2) is 13.6 Å². The second kappa shape index (κ2) is 3.36. The van der Waals surface area contributed by atoms with Crippen molar-refractivity contribution < 1.29 is 13.5 Å². The fourth-order valence-corrected chi connectivity index (χ4v) is 2.25. The smallest absolute Gasteiger partial charge is 0.240 e. The Kier molecular flexibility index (Phi) is 2.25. The molecule has 2 rings (SSSR count). The van der Waals surface area contributed by atoms with Crippen LogP contribution in [0.15, 0.2) is 35.2 Å². The van der Waals surface area contributed by atoms with Crippen molar-refractivity contribution in [2.24, 2.45) is 5.14 Å². The van der Waals surface area contributed by atoms with Crippen molar-refractivity contribution in [2.45, 2.75) is 4.90 Å². The largest absolute Gasteiger partial charge is 0.505 e. The third-order valence-electron chi connectivity index (χ3n) is 2.33. The maximum Gasteiger partial charge on any atom is 0.240 e. The fourth-order valence-electron chi connectivity index (χ4n) is 1.55. The zero-order valence-electron chi connectivity index (χ0n) is 8.21. The van der Waals surface area contributed by atoms with Gasteiger partial charge in [0.25, 0.3) is 0 Å². The molecule has 0 aliphatic carbocycles. The number of fused-ring (bicyclic) bond motifs is 1. The summed E-state index contributed by atoms with van der Waals surface area (Å²) in [7, 11) is -3.93. The van der Waals surface area contributed by atoms with Gasteiger partial charge in [0.2, 0.25) is 10.0 Å². The molecule has 16 heavy (non-hydrogen) atoms. The molecule has 0 saturated heterocycles. The Balaban J connectivity index is 2.95. The van der Waals surface area contributed by atoms with Gasteiger partial charge >= 0.3 is 0 Å². The standard InChI is InChI=1S/C10H10N2O3S/c11-9-8(16(12,14)15)5-6-3-1-2-4-7(6)10(9)13/h1-5,13H,11H2,(H2,12,14,15). The van der Waals surface area contributed by atoms with Gasteiger partial charge in [-0.3, -0.25) is 0 Å². The van der Waals surface area contributed by atoms with Gasteiger partial charge in [-0.1, -0.05) is 24.3 Å². The molecule has 0 bridgehead atoms. The van der Waals surface area contributed by atoms with E-state index in [2.05, 4.69) is 0 Å². The summed E-state index contributed by atoms with van der Waals surface area (Å²) in [6.07, 6.45) is 0. The van der Waals surface area contributed by atoms with Crippen LogP contribution in [0.1, 0.15) is 0 Å². The highest BCUT2D eigenvalue weighted by Crippen LogP contribution is 2.35. The van der Waals surface area contributed by atoms with Crippen LogP contribution in [0.4, 0.5) is 5.69 Å². The van der Waals surface area contributed by atoms with Crippen LogP contribution in [0.3, 0.4) is 0 Å². The van der Waals surface area contributed by atoms with E-state index >= 15 is 0 Å². The number of rotatable bonds is 1. The van der Waals surface area contributed by atoms with Crippen molar-refractivity contribution in [1.82, 2.24) is 0 Å². The lowest BCUT2D eigenvalue weighted by molar-refractivity contribution is 0.482. The molecule has 0 aromatic heterocycles. The number of nitrogen functional groups attached to an aromatic ring is 1. The summed E-state index contributed by atoms with van der Waals surface area (Å²) in [6.45, 7) is 0. The van der Waals surface area contributed by atoms with Crippen LogP contribution in [0.25, 0.3) is 10.8 Å². The number of nitrogens with two attached hydrogens (primary N) is 2. The maximum absolute atomic E-state index is 11.2. The molecule has 6 heteroatoms. The minimum atomic E-state index is -3.93. The SMILES string of the molecule is Nc1c(S(N)(=O)=O)cc2ccccc2c1O. The van der Waals surface area contributed by atoms with Crippen molar-refractivity contribution >= 4 is 26.5 Å². The summed E-state index contributed by atoms with van der Waals surface area (Å²) in [6, 6.07) is 8.11. The van der Waals surface area contributed by atoms with Crippen molar-refractivity contribution in [2.75, 3.05) is 5.73 Å². The van der Waals surface area contributed by atoms with Gasteiger partial charge in [0.05, 0.1) is 5.69 Å². The lowest BCUT2D eigenvalue weighted by atomic mass is 10.1. The van der Waals surface area contributed by atoms with Crippen LogP contribution in [-0.4, -0.2) is 13.5 Å². The number of phenols is 1. The average molecular weight is 238 g/mol. The lowest BCUT2D eigenvalue weighted by Crippen LogP contribution is -2.14. The zero-order valence-corrected chi connectivity index (χ0v) is 9.03. The van der Waals surface area contributed by atoms with Gasteiger partial charge < -0.3 is 10.8 Å². The fraction of sp³-hybridized carbons (Fsp3) is 0. The Hall–Kier alpha value is -1.79. The normalized spacial score (nSPS) is 11.8. The van der Waals surface area contributed by atoms with Gasteiger partial charge in [-0.05, 0) is 11.5 Å². The lowest BCUT2D eigenvalue weighted by Gasteiger charge is -2.08. The molecule has 0 amide bonds. The molecule has 0 saturated carbocycles. The van der Waals surface area contributed by atoms with Crippen molar-refractivity contribution in [3.63, 3.8) is 0 Å². The third-order valence-corrected chi connectivity index (χ3v) is 3.28. The van der Waals surface area contributed by atoms with Crippen molar-refractivity contribution in [3.05, 3.63) is 30.3 Å². The van der Waals surface area contributed by atoms with Gasteiger partial charge in [-0.2, -0.15) is 0 Å². The number of hydrogen-bond acceptors (Lipinski definition) is 4. The minimum Gasteiger partial charge on any atom is -0.505 e. The monoisotopic (exact) mass is 238 g/mol. The molecular formula is C10H10N2O3S. The van der Waals surface area contributed by atoms with Gasteiger partial charge in [0.15, 0.2) is 0 Å². The summed E-state index contributed by atoms with van der Waals surface area (Å²) >= 11 is 0. The summed E-state index contributed by atoms with van der Waals surface area (Å²) < 4.78 is 22.5. The van der Waals surface area contributed by atoms with Gasteiger partial charge in [0.1, 0.15) is 10.6 Å². The molecule has 0 heterocycles. The van der Waals surface area contributed by atoms with E-state index in [9.17, 15) is 13.5 Å². The number of primary sulfonamides is 1. The van der Waals surface area contributed by atoms with E-state index in [0.29, 0.717) is 10.8 Å². The zero-order chi connectivity index (χ0) is 11.9. The summed E-state index contributed by atoms with van der Waals surface area (Å²) in [5.74, 6) is -0.262. The van der Waals surface area contributed by atoms with Crippen LogP contribution in [0.2, 0.25) is 0 Å². The number of anilines is 1. The molecule has 0 aliphatic heterocycles. The molecule has 5 N–H and O–H groups in total. The molecule has 2 aromatic carbocycles. The molecule has 2 aromatic rings. The van der Waals surface area contributed by atoms with E-state index in [4.69, 9.17) is 10.9 Å². The number of benzene rings is 2. The van der Waals surface area contributed by atoms with E-state index in [1.165, 1.54) is 6.07 Å². The van der Waals surface area contributed by atoms with E-state index in [1.54, 1.807) is 24.3 Å². The summed E-state index contributed by atoms with van der Waals surface area (Å²) in [5.41, 5.74) is 5.30. The highest BCUT2D eigenvalue weighted by atomic mass is 32.2. The Labute approximate surface area is 92.3 Å². The van der Waals surface area contributed by atoms with Gasteiger partial charge in [0, 0.05) is 5.39 Å². The number of phenolic OH excluding ortho intramolecular Hbond substituents is 1. The molecular weight excluding hydrogens is 228 g/mol. The Morgan fingerprint density at radius 3 is 2.44 bits per heavy atom. The van der Waals surface area contributed by atoms with Crippen LogP contribution in [-0.2, 0) is 10.0 Å². The topological polar surface area (TPSA) is 106 Å². The second-order valence-electron chi connectivity index (χ2n) is 3.40. The van der Waals surface area contributed by atoms with E-state index in [-0.39, 0.29) is 16.3 Å². The predicted octanol–water partition coefficient (Wildman–Crippen LogP) is 0.775. The molecule has 0 aliphatic rings. The van der Waals surface area contributed by atoms with E-state index in [0.717, 1.165) is 0 Å². The van der Waals surface area contributed by atoms with E-state index < -0.39 is 10.0 Å². The molecule has 84 valence electrons. The van der Waals surface area contributed by atoms with Crippen LogP contribution in [0, 0.1) is 0 Å². The molecule has 0 radical (unpaired) electrons. The van der Waals surface area contributed by atoms with Crippen molar-refractivity contribution in [3.8, 4) is 5.75 Å². The number of sulfonamides is 1. The summed E-state index contributed by atoms with van der Waals surface area (Å²) in [5, 5.41) is 15.8. The maximum atomic E-state index is 11.2. The van der Waals surface area contributed by atoms with Crippen LogP contribution >= 0.6 is 0 Å². The van der Waals surface area contributed by atoms with Crippen molar-refractivity contribution in [1.29, 1.82) is 0 Å². The molecule has 5 nitrogen and oxygen atoms in total. The first kappa shape index (κ1) is 10.7. The third kappa shape index (κ3) is 1.58. The first-order valence-corrected chi connectivity index (χ1v) is 5.99.